The molecule has 1 aromatic carbocycles. The van der Waals surface area contributed by atoms with Crippen molar-refractivity contribution in [3.05, 3.63) is 57.3 Å². The normalized spacial score (nSPS) is 16.4. The standard InChI is InChI=1S/C18H24N2S/c1-13-5-8-17(14(2)10-13)18(11-19)20(15-6-7-15)12-16-4-3-9-21-16/h3-5,8-10,15,18H,6-7,11-12,19H2,1-2H3. The zero-order chi connectivity index (χ0) is 14.8. The molecule has 0 amide bonds. The summed E-state index contributed by atoms with van der Waals surface area (Å²) in [6.07, 6.45) is 2.62. The third-order valence-corrected chi connectivity index (χ3v) is 5.20. The van der Waals surface area contributed by atoms with Gasteiger partial charge in [-0.05, 0) is 49.3 Å². The van der Waals surface area contributed by atoms with Gasteiger partial charge < -0.3 is 5.73 Å². The van der Waals surface area contributed by atoms with E-state index in [4.69, 9.17) is 5.73 Å². The minimum atomic E-state index is 0.334. The summed E-state index contributed by atoms with van der Waals surface area (Å²) in [6.45, 7) is 6.07. The smallest absolute Gasteiger partial charge is 0.0479 e. The molecule has 2 aromatic rings. The van der Waals surface area contributed by atoms with Crippen LogP contribution in [0, 0.1) is 13.8 Å². The molecule has 0 aliphatic heterocycles. The summed E-state index contributed by atoms with van der Waals surface area (Å²) >= 11 is 1.84. The molecule has 21 heavy (non-hydrogen) atoms. The molecule has 1 aromatic heterocycles. The van der Waals surface area contributed by atoms with Gasteiger partial charge in [-0.2, -0.15) is 0 Å². The molecule has 2 N–H and O–H groups in total. The van der Waals surface area contributed by atoms with Crippen molar-refractivity contribution in [2.75, 3.05) is 6.54 Å². The maximum absolute atomic E-state index is 6.17. The minimum Gasteiger partial charge on any atom is -0.329 e. The zero-order valence-corrected chi connectivity index (χ0v) is 13.7. The number of nitrogens with zero attached hydrogens (tertiary/aromatic N) is 1. The van der Waals surface area contributed by atoms with E-state index >= 15 is 0 Å². The number of benzene rings is 1. The van der Waals surface area contributed by atoms with Crippen LogP contribution in [-0.4, -0.2) is 17.5 Å². The number of thiophene rings is 1. The summed E-state index contributed by atoms with van der Waals surface area (Å²) in [6, 6.07) is 12.2. The lowest BCUT2D eigenvalue weighted by atomic mass is 9.97. The second kappa shape index (κ2) is 6.30. The fourth-order valence-corrected chi connectivity index (χ4v) is 3.84. The monoisotopic (exact) mass is 300 g/mol. The van der Waals surface area contributed by atoms with Gasteiger partial charge in [0.25, 0.3) is 0 Å². The van der Waals surface area contributed by atoms with Crippen molar-refractivity contribution in [2.45, 2.75) is 45.3 Å². The van der Waals surface area contributed by atoms with Crippen molar-refractivity contribution in [1.29, 1.82) is 0 Å². The van der Waals surface area contributed by atoms with E-state index < -0.39 is 0 Å². The summed E-state index contributed by atoms with van der Waals surface area (Å²) in [5.74, 6) is 0. The Labute approximate surface area is 131 Å². The van der Waals surface area contributed by atoms with E-state index in [0.29, 0.717) is 18.6 Å². The van der Waals surface area contributed by atoms with Crippen molar-refractivity contribution in [3.63, 3.8) is 0 Å². The van der Waals surface area contributed by atoms with Crippen LogP contribution < -0.4 is 5.73 Å². The van der Waals surface area contributed by atoms with Crippen LogP contribution in [0.5, 0.6) is 0 Å². The number of hydrogen-bond donors (Lipinski definition) is 1. The summed E-state index contributed by atoms with van der Waals surface area (Å²) in [7, 11) is 0. The molecule has 1 heterocycles. The quantitative estimate of drug-likeness (QED) is 0.872. The first-order valence-corrected chi connectivity index (χ1v) is 8.62. The highest BCUT2D eigenvalue weighted by molar-refractivity contribution is 7.09. The Morgan fingerprint density at radius 1 is 1.29 bits per heavy atom. The van der Waals surface area contributed by atoms with Crippen LogP contribution in [0.2, 0.25) is 0 Å². The summed E-state index contributed by atoms with van der Waals surface area (Å²) < 4.78 is 0. The molecule has 1 aliphatic carbocycles. The highest BCUT2D eigenvalue weighted by atomic mass is 32.1. The third-order valence-electron chi connectivity index (χ3n) is 4.34. The van der Waals surface area contributed by atoms with Crippen LogP contribution in [-0.2, 0) is 6.54 Å². The maximum Gasteiger partial charge on any atom is 0.0479 e. The summed E-state index contributed by atoms with van der Waals surface area (Å²) in [4.78, 5) is 4.05. The van der Waals surface area contributed by atoms with Crippen LogP contribution in [0.3, 0.4) is 0 Å². The summed E-state index contributed by atoms with van der Waals surface area (Å²) in [5, 5.41) is 2.16. The van der Waals surface area contributed by atoms with Crippen LogP contribution in [0.1, 0.15) is 40.5 Å². The van der Waals surface area contributed by atoms with Gasteiger partial charge in [0.05, 0.1) is 0 Å². The van der Waals surface area contributed by atoms with E-state index in [1.54, 1.807) is 0 Å². The molecule has 1 atom stereocenters. The Kier molecular flexibility index (Phi) is 4.43. The molecule has 0 bridgehead atoms. The van der Waals surface area contributed by atoms with Gasteiger partial charge in [0.15, 0.2) is 0 Å². The van der Waals surface area contributed by atoms with Gasteiger partial charge >= 0.3 is 0 Å². The molecule has 1 aliphatic rings. The maximum atomic E-state index is 6.17. The number of nitrogens with two attached hydrogens (primary N) is 1. The molecule has 1 unspecified atom stereocenters. The molecule has 3 rings (SSSR count). The van der Waals surface area contributed by atoms with Crippen LogP contribution >= 0.6 is 11.3 Å². The predicted molar refractivity (Wildman–Crippen MR) is 90.6 cm³/mol. The van der Waals surface area contributed by atoms with Crippen molar-refractivity contribution in [2.24, 2.45) is 5.73 Å². The molecule has 0 radical (unpaired) electrons. The summed E-state index contributed by atoms with van der Waals surface area (Å²) in [5.41, 5.74) is 10.2. The Bertz CT molecular complexity index is 587. The number of aryl methyl sites for hydroxylation is 2. The second-order valence-electron chi connectivity index (χ2n) is 6.09. The fraction of sp³-hybridized carbons (Fsp3) is 0.444. The molecule has 112 valence electrons. The number of rotatable bonds is 6. The SMILES string of the molecule is Cc1ccc(C(CN)N(Cc2cccs2)C2CC2)c(C)c1. The lowest BCUT2D eigenvalue weighted by Gasteiger charge is -2.32. The Hall–Kier alpha value is -1.16. The topological polar surface area (TPSA) is 29.3 Å². The molecule has 3 heteroatoms. The Balaban J connectivity index is 1.88. The molecule has 0 saturated heterocycles. The Morgan fingerprint density at radius 3 is 2.67 bits per heavy atom. The largest absolute Gasteiger partial charge is 0.329 e. The van der Waals surface area contributed by atoms with Gasteiger partial charge in [-0.3, -0.25) is 4.90 Å². The highest BCUT2D eigenvalue weighted by Gasteiger charge is 2.34. The van der Waals surface area contributed by atoms with Crippen molar-refractivity contribution in [3.8, 4) is 0 Å². The molecular weight excluding hydrogens is 276 g/mol. The van der Waals surface area contributed by atoms with E-state index in [0.717, 1.165) is 6.54 Å². The zero-order valence-electron chi connectivity index (χ0n) is 12.9. The average Bonchev–Trinajstić information content (AvgIpc) is 3.18. The molecule has 0 spiro atoms. The van der Waals surface area contributed by atoms with Gasteiger partial charge in [-0.25, -0.2) is 0 Å². The first-order valence-electron chi connectivity index (χ1n) is 7.74. The van der Waals surface area contributed by atoms with Gasteiger partial charge in [0.1, 0.15) is 0 Å². The van der Waals surface area contributed by atoms with E-state index in [2.05, 4.69) is 54.5 Å². The number of hydrogen-bond acceptors (Lipinski definition) is 3. The van der Waals surface area contributed by atoms with Crippen LogP contribution in [0.15, 0.2) is 35.7 Å². The van der Waals surface area contributed by atoms with Crippen LogP contribution in [0.25, 0.3) is 0 Å². The lowest BCUT2D eigenvalue weighted by Crippen LogP contribution is -2.35. The molecule has 2 nitrogen and oxygen atoms in total. The van der Waals surface area contributed by atoms with E-state index in [9.17, 15) is 0 Å². The van der Waals surface area contributed by atoms with Gasteiger partial charge in [0.2, 0.25) is 0 Å². The molecule has 1 fully saturated rings. The first-order chi connectivity index (χ1) is 10.2. The van der Waals surface area contributed by atoms with E-state index in [-0.39, 0.29) is 0 Å². The molecular formula is C18H24N2S. The third kappa shape index (κ3) is 3.37. The van der Waals surface area contributed by atoms with Gasteiger partial charge in [-0.1, -0.05) is 29.8 Å². The van der Waals surface area contributed by atoms with Gasteiger partial charge in [0, 0.05) is 30.1 Å². The van der Waals surface area contributed by atoms with Crippen LogP contribution in [0.4, 0.5) is 0 Å². The van der Waals surface area contributed by atoms with E-state index in [1.807, 2.05) is 11.3 Å². The predicted octanol–water partition coefficient (Wildman–Crippen LogP) is 4.03. The second-order valence-corrected chi connectivity index (χ2v) is 7.13. The average molecular weight is 300 g/mol. The lowest BCUT2D eigenvalue weighted by molar-refractivity contribution is 0.183. The van der Waals surface area contributed by atoms with Gasteiger partial charge in [-0.15, -0.1) is 11.3 Å². The van der Waals surface area contributed by atoms with E-state index in [1.165, 1.54) is 34.4 Å². The fourth-order valence-electron chi connectivity index (χ4n) is 3.12. The van der Waals surface area contributed by atoms with Crippen molar-refractivity contribution >= 4 is 11.3 Å². The molecule has 1 saturated carbocycles. The highest BCUT2D eigenvalue weighted by Crippen LogP contribution is 2.37. The van der Waals surface area contributed by atoms with Crippen molar-refractivity contribution in [1.82, 2.24) is 4.90 Å². The minimum absolute atomic E-state index is 0.334. The van der Waals surface area contributed by atoms with Crippen molar-refractivity contribution < 1.29 is 0 Å². The first kappa shape index (κ1) is 14.8. The Morgan fingerprint density at radius 2 is 2.10 bits per heavy atom.